The van der Waals surface area contributed by atoms with Gasteiger partial charge >= 0.3 is 0 Å². The first-order valence-corrected chi connectivity index (χ1v) is 8.54. The minimum Gasteiger partial charge on any atom is -0.486 e. The van der Waals surface area contributed by atoms with Gasteiger partial charge in [0.15, 0.2) is 0 Å². The lowest BCUT2D eigenvalue weighted by Gasteiger charge is -2.48. The average molecular weight is 286 g/mol. The number of nitrogens with one attached hydrogen (secondary N) is 1. The molecule has 2 bridgehead atoms. The van der Waals surface area contributed by atoms with Crippen LogP contribution < -0.4 is 10.1 Å². The van der Waals surface area contributed by atoms with Crippen LogP contribution in [0.3, 0.4) is 0 Å². The van der Waals surface area contributed by atoms with E-state index in [1.54, 1.807) is 0 Å². The molecule has 4 rings (SSSR count). The van der Waals surface area contributed by atoms with Gasteiger partial charge < -0.3 is 15.0 Å². The van der Waals surface area contributed by atoms with Crippen molar-refractivity contribution in [2.75, 3.05) is 26.2 Å². The molecule has 0 radical (unpaired) electrons. The number of nitrogens with zero attached hydrogens (tertiary/aromatic N) is 1. The Balaban J connectivity index is 1.66. The Morgan fingerprint density at radius 1 is 1.33 bits per heavy atom. The highest BCUT2D eigenvalue weighted by Crippen LogP contribution is 2.49. The van der Waals surface area contributed by atoms with Crippen molar-refractivity contribution in [2.24, 2.45) is 5.92 Å². The lowest BCUT2D eigenvalue weighted by molar-refractivity contribution is -0.0474. The Morgan fingerprint density at radius 2 is 2.24 bits per heavy atom. The number of piperidine rings is 1. The molecule has 4 atom stereocenters. The Kier molecular flexibility index (Phi) is 3.43. The van der Waals surface area contributed by atoms with Crippen molar-refractivity contribution in [2.45, 2.75) is 44.2 Å². The molecule has 1 aromatic rings. The van der Waals surface area contributed by atoms with E-state index < -0.39 is 0 Å². The van der Waals surface area contributed by atoms with Crippen LogP contribution in [0.2, 0.25) is 0 Å². The quantitative estimate of drug-likeness (QED) is 0.924. The molecule has 3 heterocycles. The number of para-hydroxylation sites is 1. The van der Waals surface area contributed by atoms with Crippen LogP contribution in [-0.2, 0) is 0 Å². The van der Waals surface area contributed by atoms with E-state index >= 15 is 0 Å². The molecule has 0 aromatic heterocycles. The number of rotatable bonds is 3. The summed E-state index contributed by atoms with van der Waals surface area (Å²) in [7, 11) is 0. The van der Waals surface area contributed by atoms with Gasteiger partial charge in [-0.25, -0.2) is 0 Å². The molecule has 21 heavy (non-hydrogen) atoms. The standard InChI is InChI=1S/C18H26N2O/c1-2-9-19-16-12-18(8-11-20-10-7-14(18)13-20)21-17-6-4-3-5-15(16)17/h3-6,14,16,19H,2,7-13H2,1H3. The van der Waals surface area contributed by atoms with Gasteiger partial charge in [0.2, 0.25) is 0 Å². The normalized spacial score (nSPS) is 37.3. The predicted octanol–water partition coefficient (Wildman–Crippen LogP) is 2.97. The van der Waals surface area contributed by atoms with Crippen LogP contribution in [0.1, 0.15) is 44.2 Å². The zero-order chi connectivity index (χ0) is 14.3. The van der Waals surface area contributed by atoms with Gasteiger partial charge in [-0.3, -0.25) is 0 Å². The maximum absolute atomic E-state index is 6.63. The van der Waals surface area contributed by atoms with Crippen LogP contribution in [-0.4, -0.2) is 36.7 Å². The number of hydrogen-bond donors (Lipinski definition) is 1. The topological polar surface area (TPSA) is 24.5 Å². The molecule has 0 amide bonds. The van der Waals surface area contributed by atoms with Gasteiger partial charge in [-0.1, -0.05) is 25.1 Å². The zero-order valence-corrected chi connectivity index (χ0v) is 13.0. The van der Waals surface area contributed by atoms with Crippen molar-refractivity contribution >= 4 is 0 Å². The Morgan fingerprint density at radius 3 is 3.14 bits per heavy atom. The van der Waals surface area contributed by atoms with E-state index in [4.69, 9.17) is 4.74 Å². The summed E-state index contributed by atoms with van der Waals surface area (Å²) >= 11 is 0. The molecule has 3 heteroatoms. The highest BCUT2D eigenvalue weighted by Gasteiger charge is 2.51. The van der Waals surface area contributed by atoms with Gasteiger partial charge in [0.05, 0.1) is 0 Å². The molecule has 3 nitrogen and oxygen atoms in total. The van der Waals surface area contributed by atoms with Gasteiger partial charge in [0, 0.05) is 43.5 Å². The van der Waals surface area contributed by atoms with Crippen molar-refractivity contribution in [3.8, 4) is 5.75 Å². The highest BCUT2D eigenvalue weighted by molar-refractivity contribution is 5.39. The van der Waals surface area contributed by atoms with Gasteiger partial charge in [-0.15, -0.1) is 0 Å². The molecule has 0 aliphatic carbocycles. The summed E-state index contributed by atoms with van der Waals surface area (Å²) in [5.41, 5.74) is 1.43. The predicted molar refractivity (Wildman–Crippen MR) is 84.6 cm³/mol. The molecule has 3 aliphatic heterocycles. The van der Waals surface area contributed by atoms with Crippen LogP contribution in [0.15, 0.2) is 24.3 Å². The number of fused-ring (bicyclic) bond motifs is 4. The maximum atomic E-state index is 6.63. The maximum Gasteiger partial charge on any atom is 0.124 e. The minimum atomic E-state index is 0.0762. The smallest absolute Gasteiger partial charge is 0.124 e. The fourth-order valence-corrected chi connectivity index (χ4v) is 4.50. The molecule has 1 N–H and O–H groups in total. The van der Waals surface area contributed by atoms with E-state index in [0.29, 0.717) is 12.0 Å². The molecule has 1 aromatic carbocycles. The second kappa shape index (κ2) is 5.29. The van der Waals surface area contributed by atoms with E-state index in [0.717, 1.165) is 18.7 Å². The van der Waals surface area contributed by atoms with Crippen LogP contribution in [0.4, 0.5) is 0 Å². The molecular weight excluding hydrogens is 260 g/mol. The summed E-state index contributed by atoms with van der Waals surface area (Å²) in [6, 6.07) is 9.11. The Hall–Kier alpha value is -1.06. The molecule has 1 spiro atoms. The number of ether oxygens (including phenoxy) is 1. The third-order valence-electron chi connectivity index (χ3n) is 5.67. The first-order chi connectivity index (χ1) is 10.3. The first-order valence-electron chi connectivity index (χ1n) is 8.54. The molecular formula is C18H26N2O. The van der Waals surface area contributed by atoms with E-state index in [9.17, 15) is 0 Å². The zero-order valence-electron chi connectivity index (χ0n) is 13.0. The molecule has 3 aliphatic rings. The molecule has 114 valence electrons. The van der Waals surface area contributed by atoms with Crippen molar-refractivity contribution in [3.05, 3.63) is 29.8 Å². The van der Waals surface area contributed by atoms with Crippen molar-refractivity contribution in [3.63, 3.8) is 0 Å². The SMILES string of the molecule is CCCNC1CC2(CCN3CCC2C3)Oc2ccccc21. The molecule has 4 unspecified atom stereocenters. The van der Waals surface area contributed by atoms with Gasteiger partial charge in [0.1, 0.15) is 11.4 Å². The lowest BCUT2D eigenvalue weighted by Crippen LogP contribution is -2.54. The van der Waals surface area contributed by atoms with E-state index in [2.05, 4.69) is 41.4 Å². The largest absolute Gasteiger partial charge is 0.486 e. The molecule has 2 fully saturated rings. The van der Waals surface area contributed by atoms with Gasteiger partial charge in [-0.2, -0.15) is 0 Å². The highest BCUT2D eigenvalue weighted by atomic mass is 16.5. The van der Waals surface area contributed by atoms with E-state index in [1.807, 2.05) is 0 Å². The Bertz CT molecular complexity index is 518. The number of hydrogen-bond acceptors (Lipinski definition) is 3. The summed E-state index contributed by atoms with van der Waals surface area (Å²) in [6.07, 6.45) is 4.82. The third-order valence-corrected chi connectivity index (χ3v) is 5.67. The van der Waals surface area contributed by atoms with Gasteiger partial charge in [0.25, 0.3) is 0 Å². The third kappa shape index (κ3) is 2.27. The first kappa shape index (κ1) is 13.6. The average Bonchev–Trinajstić information content (AvgIpc) is 2.94. The second-order valence-corrected chi connectivity index (χ2v) is 6.95. The minimum absolute atomic E-state index is 0.0762. The molecule has 2 saturated heterocycles. The van der Waals surface area contributed by atoms with Gasteiger partial charge in [-0.05, 0) is 32.0 Å². The summed E-state index contributed by atoms with van der Waals surface area (Å²) in [4.78, 5) is 2.61. The van der Waals surface area contributed by atoms with Crippen molar-refractivity contribution in [1.82, 2.24) is 10.2 Å². The van der Waals surface area contributed by atoms with Crippen LogP contribution >= 0.6 is 0 Å². The summed E-state index contributed by atoms with van der Waals surface area (Å²) < 4.78 is 6.63. The van der Waals surface area contributed by atoms with Crippen LogP contribution in [0, 0.1) is 5.92 Å². The van der Waals surface area contributed by atoms with E-state index in [-0.39, 0.29) is 5.60 Å². The van der Waals surface area contributed by atoms with Crippen LogP contribution in [0.25, 0.3) is 0 Å². The van der Waals surface area contributed by atoms with Crippen molar-refractivity contribution in [1.29, 1.82) is 0 Å². The summed E-state index contributed by atoms with van der Waals surface area (Å²) in [6.45, 7) is 7.04. The number of benzene rings is 1. The van der Waals surface area contributed by atoms with E-state index in [1.165, 1.54) is 44.5 Å². The second-order valence-electron chi connectivity index (χ2n) is 6.95. The molecule has 0 saturated carbocycles. The fraction of sp³-hybridized carbons (Fsp3) is 0.667. The van der Waals surface area contributed by atoms with Crippen LogP contribution in [0.5, 0.6) is 5.75 Å². The van der Waals surface area contributed by atoms with Crippen molar-refractivity contribution < 1.29 is 4.74 Å². The summed E-state index contributed by atoms with van der Waals surface area (Å²) in [5.74, 6) is 1.84. The monoisotopic (exact) mass is 286 g/mol. The Labute approximate surface area is 127 Å². The fourth-order valence-electron chi connectivity index (χ4n) is 4.50. The summed E-state index contributed by atoms with van der Waals surface area (Å²) in [5, 5.41) is 3.76. The lowest BCUT2D eigenvalue weighted by atomic mass is 9.74.